The second kappa shape index (κ2) is 16.7. The van der Waals surface area contributed by atoms with E-state index in [1.807, 2.05) is 6.08 Å². The first-order chi connectivity index (χ1) is 29.5. The Morgan fingerprint density at radius 3 is 2.30 bits per heavy atom. The van der Waals surface area contributed by atoms with Crippen molar-refractivity contribution in [1.29, 1.82) is 0 Å². The normalized spacial score (nSPS) is 19.6. The molecule has 0 saturated heterocycles. The molecule has 2 unspecified atom stereocenters. The Bertz CT molecular complexity index is 2770. The molecule has 5 aromatic rings. The monoisotopic (exact) mass is 777 g/mol. The molecule has 0 saturated carbocycles. The summed E-state index contributed by atoms with van der Waals surface area (Å²) < 4.78 is 0. The molecule has 0 heterocycles. The Kier molecular flexibility index (Phi) is 10.9. The second-order valence-electron chi connectivity index (χ2n) is 16.8. The number of rotatable bonds is 11. The van der Waals surface area contributed by atoms with Gasteiger partial charge in [-0.1, -0.05) is 172 Å². The summed E-state index contributed by atoms with van der Waals surface area (Å²) in [4.78, 5) is 5.35. The predicted octanol–water partition coefficient (Wildman–Crippen LogP) is 15.5. The van der Waals surface area contributed by atoms with Gasteiger partial charge in [0.1, 0.15) is 0 Å². The zero-order valence-electron chi connectivity index (χ0n) is 35.6. The first-order valence-electron chi connectivity index (χ1n) is 22.0. The third kappa shape index (κ3) is 6.71. The lowest BCUT2D eigenvalue weighted by Gasteiger charge is -2.34. The molecule has 1 heteroatoms. The first-order valence-corrected chi connectivity index (χ1v) is 22.0. The average Bonchev–Trinajstić information content (AvgIpc) is 3.74. The summed E-state index contributed by atoms with van der Waals surface area (Å²) in [6, 6.07) is 43.6. The van der Waals surface area contributed by atoms with Crippen LogP contribution in [-0.4, -0.2) is 5.71 Å². The van der Waals surface area contributed by atoms with Crippen molar-refractivity contribution in [1.82, 2.24) is 0 Å². The van der Waals surface area contributed by atoms with Gasteiger partial charge >= 0.3 is 0 Å². The van der Waals surface area contributed by atoms with Gasteiger partial charge in [-0.15, -0.1) is 0 Å². The molecule has 0 amide bonds. The van der Waals surface area contributed by atoms with E-state index in [9.17, 15) is 0 Å². The van der Waals surface area contributed by atoms with Crippen molar-refractivity contribution in [2.75, 3.05) is 0 Å². The van der Waals surface area contributed by atoms with Crippen molar-refractivity contribution >= 4 is 16.9 Å². The van der Waals surface area contributed by atoms with Gasteiger partial charge in [0, 0.05) is 0 Å². The number of nitrogens with zero attached hydrogens (tertiary/aromatic N) is 1. The lowest BCUT2D eigenvalue weighted by atomic mass is 9.67. The minimum atomic E-state index is -0.423. The Hall–Kier alpha value is -6.31. The molecule has 0 radical (unpaired) electrons. The molecule has 0 aliphatic heterocycles. The van der Waals surface area contributed by atoms with E-state index in [2.05, 4.69) is 198 Å². The molecule has 1 spiro atoms. The molecule has 4 aliphatic rings. The number of allylic oxidation sites excluding steroid dienone is 15. The molecular formula is C59H55N. The van der Waals surface area contributed by atoms with Crippen LogP contribution in [0.4, 0.5) is 0 Å². The minimum absolute atomic E-state index is 0.423. The van der Waals surface area contributed by atoms with Crippen LogP contribution in [0.25, 0.3) is 33.4 Å². The Labute approximate surface area is 358 Å². The smallest absolute Gasteiger partial charge is 0.0728 e. The molecule has 2 atom stereocenters. The van der Waals surface area contributed by atoms with E-state index in [0.29, 0.717) is 12.5 Å². The highest BCUT2D eigenvalue weighted by atomic mass is 14.7. The van der Waals surface area contributed by atoms with Crippen molar-refractivity contribution in [3.05, 3.63) is 238 Å². The van der Waals surface area contributed by atoms with Crippen LogP contribution in [0.1, 0.15) is 91.8 Å². The summed E-state index contributed by atoms with van der Waals surface area (Å²) in [6.07, 6.45) is 25.4. The standard InChI is InChI=1S/C59H55N/c1-6-19-44(20-7-2)57(36-41(5)47-31-18-25-43-24-10-12-28-49(43)47)60-39-42-23-17-26-45(37-42)46-34-35-52-50-29-13-15-32-54(50)59(56(52)38-46)55-33-16-14-30-51(55)53(21-8-3)58(59)48-27-11-9-22-40(48)4/h6-7,9,11-20,22-23,26-38,43H,1,8,10,21,24-25,39H2,2-5H3/b20-7-,41-36+,44-19+,60-57?. The fraction of sp³-hybridized carbons (Fsp3) is 0.203. The summed E-state index contributed by atoms with van der Waals surface area (Å²) in [5, 5.41) is 0. The van der Waals surface area contributed by atoms with Crippen LogP contribution in [-0.2, 0) is 12.0 Å². The Balaban J connectivity index is 1.16. The van der Waals surface area contributed by atoms with Crippen molar-refractivity contribution in [2.24, 2.45) is 10.9 Å². The molecule has 9 rings (SSSR count). The summed E-state index contributed by atoms with van der Waals surface area (Å²) in [5.41, 5.74) is 23.0. The zero-order valence-corrected chi connectivity index (χ0v) is 35.6. The molecule has 0 bridgehead atoms. The fourth-order valence-corrected chi connectivity index (χ4v) is 10.5. The van der Waals surface area contributed by atoms with Crippen LogP contribution in [0.3, 0.4) is 0 Å². The van der Waals surface area contributed by atoms with E-state index >= 15 is 0 Å². The van der Waals surface area contributed by atoms with Crippen molar-refractivity contribution in [3.63, 3.8) is 0 Å². The predicted molar refractivity (Wildman–Crippen MR) is 257 cm³/mol. The SMILES string of the molecule is C=C/C=C(\C=C/C)C(/C=C(\C)C1=C2C=CCCC2CC=C1)=NCc1cccc(-c2ccc3c(c2)C2(C(c4ccccc4C)=C(CCC)c4ccccc42)c2ccccc2-3)c1. The summed E-state index contributed by atoms with van der Waals surface area (Å²) in [5.74, 6) is 0.607. The Morgan fingerprint density at radius 2 is 1.52 bits per heavy atom. The number of aliphatic imine (C=N–C) groups is 1. The second-order valence-corrected chi connectivity index (χ2v) is 16.8. The van der Waals surface area contributed by atoms with E-state index in [4.69, 9.17) is 4.99 Å². The average molecular weight is 778 g/mol. The zero-order chi connectivity index (χ0) is 41.2. The van der Waals surface area contributed by atoms with Crippen LogP contribution in [0.5, 0.6) is 0 Å². The van der Waals surface area contributed by atoms with Crippen molar-refractivity contribution < 1.29 is 0 Å². The highest BCUT2D eigenvalue weighted by Crippen LogP contribution is 2.65. The number of aryl methyl sites for hydroxylation is 1. The van der Waals surface area contributed by atoms with Crippen LogP contribution < -0.4 is 0 Å². The van der Waals surface area contributed by atoms with Gasteiger partial charge in [0.05, 0.1) is 17.7 Å². The summed E-state index contributed by atoms with van der Waals surface area (Å²) in [7, 11) is 0. The lowest BCUT2D eigenvalue weighted by Crippen LogP contribution is -2.27. The van der Waals surface area contributed by atoms with Gasteiger partial charge in [0.2, 0.25) is 0 Å². The van der Waals surface area contributed by atoms with Gasteiger partial charge < -0.3 is 0 Å². The molecular weight excluding hydrogens is 723 g/mol. The minimum Gasteiger partial charge on any atom is -0.280 e. The summed E-state index contributed by atoms with van der Waals surface area (Å²) >= 11 is 0. The van der Waals surface area contributed by atoms with Gasteiger partial charge in [0.25, 0.3) is 0 Å². The maximum atomic E-state index is 5.35. The fourth-order valence-electron chi connectivity index (χ4n) is 10.5. The molecule has 5 aromatic carbocycles. The molecule has 0 N–H and O–H groups in total. The first kappa shape index (κ1) is 39.2. The van der Waals surface area contributed by atoms with Gasteiger partial charge in [-0.25, -0.2) is 0 Å². The van der Waals surface area contributed by atoms with E-state index in [1.54, 1.807) is 0 Å². The third-order valence-corrected chi connectivity index (χ3v) is 13.1. The third-order valence-electron chi connectivity index (χ3n) is 13.1. The van der Waals surface area contributed by atoms with Gasteiger partial charge in [0.15, 0.2) is 0 Å². The summed E-state index contributed by atoms with van der Waals surface area (Å²) in [6.45, 7) is 13.5. The van der Waals surface area contributed by atoms with Gasteiger partial charge in [-0.2, -0.15) is 0 Å². The van der Waals surface area contributed by atoms with Crippen LogP contribution in [0, 0.1) is 12.8 Å². The molecule has 60 heavy (non-hydrogen) atoms. The maximum Gasteiger partial charge on any atom is 0.0728 e. The van der Waals surface area contributed by atoms with Crippen molar-refractivity contribution in [3.8, 4) is 22.3 Å². The van der Waals surface area contributed by atoms with E-state index in [1.165, 1.54) is 95.5 Å². The van der Waals surface area contributed by atoms with E-state index in [-0.39, 0.29) is 0 Å². The van der Waals surface area contributed by atoms with Crippen molar-refractivity contribution in [2.45, 2.75) is 71.8 Å². The highest BCUT2D eigenvalue weighted by Gasteiger charge is 2.53. The lowest BCUT2D eigenvalue weighted by molar-refractivity contribution is 0.561. The van der Waals surface area contributed by atoms with E-state index < -0.39 is 5.41 Å². The van der Waals surface area contributed by atoms with Crippen LogP contribution in [0.2, 0.25) is 0 Å². The van der Waals surface area contributed by atoms with E-state index in [0.717, 1.165) is 37.0 Å². The molecule has 0 fully saturated rings. The van der Waals surface area contributed by atoms with Gasteiger partial charge in [-0.3, -0.25) is 4.99 Å². The number of fused-ring (bicyclic) bond motifs is 8. The Morgan fingerprint density at radius 1 is 0.783 bits per heavy atom. The molecule has 1 nitrogen and oxygen atoms in total. The molecule has 4 aliphatic carbocycles. The molecule has 296 valence electrons. The number of hydrogen-bond acceptors (Lipinski definition) is 1. The highest BCUT2D eigenvalue weighted by molar-refractivity contribution is 6.12. The van der Waals surface area contributed by atoms with Crippen LogP contribution >= 0.6 is 0 Å². The van der Waals surface area contributed by atoms with Crippen LogP contribution in [0.15, 0.2) is 204 Å². The quantitative estimate of drug-likeness (QED) is 0.0936. The van der Waals surface area contributed by atoms with Gasteiger partial charge in [-0.05, 0) is 165 Å². The number of benzene rings is 5. The topological polar surface area (TPSA) is 12.4 Å². The number of hydrogen-bond donors (Lipinski definition) is 0. The maximum absolute atomic E-state index is 5.35. The molecule has 0 aromatic heterocycles. The largest absolute Gasteiger partial charge is 0.280 e.